The van der Waals surface area contributed by atoms with Crippen molar-refractivity contribution in [3.63, 3.8) is 0 Å². The van der Waals surface area contributed by atoms with E-state index in [1.807, 2.05) is 31.2 Å². The van der Waals surface area contributed by atoms with E-state index in [9.17, 15) is 9.59 Å². The average molecular weight is 340 g/mol. The SMILES string of the molecule is CCNCc1ccccc1NC(=O)CCC(=O)c1ccc(OC)cc1. The van der Waals surface area contributed by atoms with Crippen LogP contribution >= 0.6 is 0 Å². The highest BCUT2D eigenvalue weighted by Gasteiger charge is 2.11. The third-order valence-electron chi connectivity index (χ3n) is 3.85. The van der Waals surface area contributed by atoms with Gasteiger partial charge in [-0.25, -0.2) is 0 Å². The summed E-state index contributed by atoms with van der Waals surface area (Å²) < 4.78 is 5.07. The van der Waals surface area contributed by atoms with Crippen LogP contribution in [0.1, 0.15) is 35.7 Å². The lowest BCUT2D eigenvalue weighted by Crippen LogP contribution is -2.17. The van der Waals surface area contributed by atoms with Gasteiger partial charge in [-0.3, -0.25) is 9.59 Å². The van der Waals surface area contributed by atoms with E-state index in [2.05, 4.69) is 10.6 Å². The fourth-order valence-electron chi connectivity index (χ4n) is 2.42. The highest BCUT2D eigenvalue weighted by Crippen LogP contribution is 2.16. The molecule has 1 amide bonds. The monoisotopic (exact) mass is 340 g/mol. The number of ether oxygens (including phenoxy) is 1. The van der Waals surface area contributed by atoms with E-state index >= 15 is 0 Å². The number of rotatable bonds is 9. The van der Waals surface area contributed by atoms with Crippen molar-refractivity contribution in [2.45, 2.75) is 26.3 Å². The number of benzene rings is 2. The van der Waals surface area contributed by atoms with Gasteiger partial charge < -0.3 is 15.4 Å². The Labute approximate surface area is 148 Å². The molecule has 2 N–H and O–H groups in total. The van der Waals surface area contributed by atoms with Crippen molar-refractivity contribution in [3.8, 4) is 5.75 Å². The van der Waals surface area contributed by atoms with Gasteiger partial charge in [-0.2, -0.15) is 0 Å². The van der Waals surface area contributed by atoms with Gasteiger partial charge in [-0.05, 0) is 42.4 Å². The molecule has 0 fully saturated rings. The molecule has 0 heterocycles. The quantitative estimate of drug-likeness (QED) is 0.687. The van der Waals surface area contributed by atoms with Crippen LogP contribution in [0.25, 0.3) is 0 Å². The van der Waals surface area contributed by atoms with Gasteiger partial charge in [0.25, 0.3) is 0 Å². The normalized spacial score (nSPS) is 10.3. The van der Waals surface area contributed by atoms with Gasteiger partial charge in [0, 0.05) is 30.6 Å². The largest absolute Gasteiger partial charge is 0.497 e. The number of anilines is 1. The lowest BCUT2D eigenvalue weighted by atomic mass is 10.1. The Bertz CT molecular complexity index is 711. The molecule has 132 valence electrons. The first-order valence-electron chi connectivity index (χ1n) is 8.39. The van der Waals surface area contributed by atoms with E-state index < -0.39 is 0 Å². The summed E-state index contributed by atoms with van der Waals surface area (Å²) >= 11 is 0. The predicted molar refractivity (Wildman–Crippen MR) is 99.0 cm³/mol. The topological polar surface area (TPSA) is 67.4 Å². The number of carbonyl (C=O) groups is 2. The Balaban J connectivity index is 1.89. The molecular weight excluding hydrogens is 316 g/mol. The Morgan fingerprint density at radius 3 is 2.40 bits per heavy atom. The maximum atomic E-state index is 12.2. The number of hydrogen-bond acceptors (Lipinski definition) is 4. The number of carbonyl (C=O) groups excluding carboxylic acids is 2. The zero-order chi connectivity index (χ0) is 18.1. The summed E-state index contributed by atoms with van der Waals surface area (Å²) in [4.78, 5) is 24.3. The number of para-hydroxylation sites is 1. The van der Waals surface area contributed by atoms with Gasteiger partial charge in [0.2, 0.25) is 5.91 Å². The summed E-state index contributed by atoms with van der Waals surface area (Å²) in [5.74, 6) is 0.483. The minimum Gasteiger partial charge on any atom is -0.497 e. The molecule has 0 spiro atoms. The van der Waals surface area contributed by atoms with Gasteiger partial charge in [0.1, 0.15) is 5.75 Å². The second-order valence-electron chi connectivity index (χ2n) is 5.64. The molecule has 0 radical (unpaired) electrons. The summed E-state index contributed by atoms with van der Waals surface area (Å²) in [6.45, 7) is 3.59. The van der Waals surface area contributed by atoms with Gasteiger partial charge in [0.05, 0.1) is 7.11 Å². The van der Waals surface area contributed by atoms with Gasteiger partial charge >= 0.3 is 0 Å². The molecule has 2 rings (SSSR count). The molecule has 0 aliphatic heterocycles. The second-order valence-corrected chi connectivity index (χ2v) is 5.64. The fraction of sp³-hybridized carbons (Fsp3) is 0.300. The van der Waals surface area contributed by atoms with Gasteiger partial charge in [-0.1, -0.05) is 25.1 Å². The molecule has 5 nitrogen and oxygen atoms in total. The van der Waals surface area contributed by atoms with E-state index in [0.717, 1.165) is 17.8 Å². The van der Waals surface area contributed by atoms with Crippen molar-refractivity contribution in [2.24, 2.45) is 0 Å². The number of Topliss-reactive ketones (excluding diaryl/α,β-unsaturated/α-hetero) is 1. The molecule has 0 saturated carbocycles. The Kier molecular flexibility index (Phi) is 7.16. The van der Waals surface area contributed by atoms with Crippen LogP contribution in [0.15, 0.2) is 48.5 Å². The molecule has 5 heteroatoms. The van der Waals surface area contributed by atoms with E-state index in [1.54, 1.807) is 31.4 Å². The van der Waals surface area contributed by atoms with E-state index in [1.165, 1.54) is 0 Å². The first-order chi connectivity index (χ1) is 12.1. The lowest BCUT2D eigenvalue weighted by molar-refractivity contribution is -0.116. The maximum Gasteiger partial charge on any atom is 0.224 e. The van der Waals surface area contributed by atoms with Gasteiger partial charge in [-0.15, -0.1) is 0 Å². The Morgan fingerprint density at radius 1 is 1.00 bits per heavy atom. The molecule has 0 unspecified atom stereocenters. The molecule has 0 atom stereocenters. The minimum absolute atomic E-state index is 0.0567. The number of amides is 1. The molecule has 0 bridgehead atoms. The summed E-state index contributed by atoms with van der Waals surface area (Å²) in [5, 5.41) is 6.14. The molecule has 0 saturated heterocycles. The van der Waals surface area contributed by atoms with Crippen molar-refractivity contribution in [3.05, 3.63) is 59.7 Å². The van der Waals surface area contributed by atoms with Crippen LogP contribution in [0.5, 0.6) is 5.75 Å². The molecular formula is C20H24N2O3. The molecule has 25 heavy (non-hydrogen) atoms. The Morgan fingerprint density at radius 2 is 1.72 bits per heavy atom. The van der Waals surface area contributed by atoms with Crippen LogP contribution in [-0.4, -0.2) is 25.3 Å². The molecule has 0 aliphatic rings. The van der Waals surface area contributed by atoms with Crippen molar-refractivity contribution in [1.82, 2.24) is 5.32 Å². The average Bonchev–Trinajstić information content (AvgIpc) is 2.65. The summed E-state index contributed by atoms with van der Waals surface area (Å²) in [6.07, 6.45) is 0.327. The standard InChI is InChI=1S/C20H24N2O3/c1-3-21-14-16-6-4-5-7-18(16)22-20(24)13-12-19(23)15-8-10-17(25-2)11-9-15/h4-11,21H,3,12-14H2,1-2H3,(H,22,24). The zero-order valence-electron chi connectivity index (χ0n) is 14.7. The smallest absolute Gasteiger partial charge is 0.224 e. The summed E-state index contributed by atoms with van der Waals surface area (Å²) in [5.41, 5.74) is 2.39. The molecule has 2 aromatic rings. The summed E-state index contributed by atoms with van der Waals surface area (Å²) in [6, 6.07) is 14.6. The van der Waals surface area contributed by atoms with Crippen LogP contribution in [0.2, 0.25) is 0 Å². The predicted octanol–water partition coefficient (Wildman–Crippen LogP) is 3.41. The van der Waals surface area contributed by atoms with Crippen molar-refractivity contribution in [1.29, 1.82) is 0 Å². The second kappa shape index (κ2) is 9.59. The fourth-order valence-corrected chi connectivity index (χ4v) is 2.42. The highest BCUT2D eigenvalue weighted by atomic mass is 16.5. The van der Waals surface area contributed by atoms with Crippen molar-refractivity contribution < 1.29 is 14.3 Å². The molecule has 0 aliphatic carbocycles. The third kappa shape index (κ3) is 5.72. The lowest BCUT2D eigenvalue weighted by Gasteiger charge is -2.11. The Hall–Kier alpha value is -2.66. The maximum absolute atomic E-state index is 12.2. The first-order valence-corrected chi connectivity index (χ1v) is 8.39. The first kappa shape index (κ1) is 18.7. The van der Waals surface area contributed by atoms with Crippen LogP contribution < -0.4 is 15.4 Å². The van der Waals surface area contributed by atoms with E-state index in [0.29, 0.717) is 17.9 Å². The number of ketones is 1. The number of hydrogen-bond donors (Lipinski definition) is 2. The summed E-state index contributed by atoms with van der Waals surface area (Å²) in [7, 11) is 1.58. The third-order valence-corrected chi connectivity index (χ3v) is 3.85. The van der Waals surface area contributed by atoms with Crippen LogP contribution in [0.4, 0.5) is 5.69 Å². The van der Waals surface area contributed by atoms with Crippen LogP contribution in [-0.2, 0) is 11.3 Å². The van der Waals surface area contributed by atoms with Crippen LogP contribution in [0, 0.1) is 0 Å². The molecule has 2 aromatic carbocycles. The van der Waals surface area contributed by atoms with E-state index in [-0.39, 0.29) is 24.5 Å². The number of methoxy groups -OCH3 is 1. The van der Waals surface area contributed by atoms with E-state index in [4.69, 9.17) is 4.74 Å². The zero-order valence-corrected chi connectivity index (χ0v) is 14.7. The van der Waals surface area contributed by atoms with Crippen molar-refractivity contribution >= 4 is 17.4 Å². The van der Waals surface area contributed by atoms with Gasteiger partial charge in [0.15, 0.2) is 5.78 Å². The highest BCUT2D eigenvalue weighted by molar-refractivity contribution is 6.00. The molecule has 0 aromatic heterocycles. The van der Waals surface area contributed by atoms with Crippen LogP contribution in [0.3, 0.4) is 0 Å². The number of nitrogens with one attached hydrogen (secondary N) is 2. The minimum atomic E-state index is -0.161. The van der Waals surface area contributed by atoms with Crippen molar-refractivity contribution in [2.75, 3.05) is 19.0 Å².